The predicted molar refractivity (Wildman–Crippen MR) is 77.3 cm³/mol. The van der Waals surface area contributed by atoms with Crippen LogP contribution in [0.2, 0.25) is 0 Å². The molecule has 2 bridgehead atoms. The Hall–Kier alpha value is -1.51. The maximum Gasteiger partial charge on any atom is 0.253 e. The van der Waals surface area contributed by atoms with Crippen LogP contribution in [0.5, 0.6) is 0 Å². The number of fused-ring (bicyclic) bond motifs is 2. The maximum atomic E-state index is 12.4. The highest BCUT2D eigenvalue weighted by atomic mass is 16.1. The lowest BCUT2D eigenvalue weighted by atomic mass is 9.95. The molecule has 1 aromatic carbocycles. The first kappa shape index (κ1) is 12.5. The minimum absolute atomic E-state index is 0.0779. The lowest BCUT2D eigenvalue weighted by Crippen LogP contribution is -2.38. The van der Waals surface area contributed by atoms with Gasteiger partial charge < -0.3 is 10.6 Å². The quantitative estimate of drug-likeness (QED) is 0.871. The van der Waals surface area contributed by atoms with Gasteiger partial charge >= 0.3 is 0 Å². The molecule has 1 aromatic rings. The smallest absolute Gasteiger partial charge is 0.253 e. The fourth-order valence-corrected chi connectivity index (χ4v) is 3.69. The highest BCUT2D eigenvalue weighted by Gasteiger charge is 2.40. The van der Waals surface area contributed by atoms with Crippen LogP contribution in [0.25, 0.3) is 0 Å². The van der Waals surface area contributed by atoms with Crippen LogP contribution >= 0.6 is 0 Å². The van der Waals surface area contributed by atoms with E-state index in [1.54, 1.807) is 0 Å². The molecule has 0 aromatic heterocycles. The lowest BCUT2D eigenvalue weighted by Gasteiger charge is -2.23. The van der Waals surface area contributed by atoms with Crippen LogP contribution in [0, 0.1) is 11.8 Å². The average molecular weight is 258 g/mol. The van der Waals surface area contributed by atoms with Crippen LogP contribution < -0.4 is 10.6 Å². The van der Waals surface area contributed by atoms with Crippen LogP contribution in [0.4, 0.5) is 5.69 Å². The molecule has 2 fully saturated rings. The molecular formula is C16H22N2O. The fraction of sp³-hybridized carbons (Fsp3) is 0.562. The number of para-hydroxylation sites is 1. The molecule has 0 heterocycles. The van der Waals surface area contributed by atoms with Gasteiger partial charge in [0, 0.05) is 18.3 Å². The van der Waals surface area contributed by atoms with Gasteiger partial charge in [0.1, 0.15) is 0 Å². The van der Waals surface area contributed by atoms with Crippen molar-refractivity contribution in [3.63, 3.8) is 0 Å². The number of hydrogen-bond acceptors (Lipinski definition) is 2. The van der Waals surface area contributed by atoms with Gasteiger partial charge in [-0.2, -0.15) is 0 Å². The third kappa shape index (κ3) is 2.46. The van der Waals surface area contributed by atoms with Gasteiger partial charge in [-0.25, -0.2) is 0 Å². The van der Waals surface area contributed by atoms with E-state index in [4.69, 9.17) is 0 Å². The third-order valence-corrected chi connectivity index (χ3v) is 4.59. The predicted octanol–water partition coefficient (Wildman–Crippen LogP) is 3.04. The summed E-state index contributed by atoms with van der Waals surface area (Å²) in [5.41, 5.74) is 1.71. The average Bonchev–Trinajstić information content (AvgIpc) is 3.02. The SMILES string of the molecule is CCNc1ccccc1C(=O)NC1CC2CCC1C2. The van der Waals surface area contributed by atoms with E-state index in [1.807, 2.05) is 31.2 Å². The summed E-state index contributed by atoms with van der Waals surface area (Å²) in [5.74, 6) is 1.66. The maximum absolute atomic E-state index is 12.4. The fourth-order valence-electron chi connectivity index (χ4n) is 3.69. The number of carbonyl (C=O) groups excluding carboxylic acids is 1. The van der Waals surface area contributed by atoms with Crippen LogP contribution in [0.1, 0.15) is 43.0 Å². The second kappa shape index (κ2) is 5.24. The Bertz CT molecular complexity index is 472. The number of carbonyl (C=O) groups is 1. The van der Waals surface area contributed by atoms with E-state index in [1.165, 1.54) is 25.7 Å². The molecule has 1 amide bonds. The lowest BCUT2D eigenvalue weighted by molar-refractivity contribution is 0.0923. The molecule has 0 spiro atoms. The molecular weight excluding hydrogens is 236 g/mol. The summed E-state index contributed by atoms with van der Waals surface area (Å²) < 4.78 is 0. The second-order valence-corrected chi connectivity index (χ2v) is 5.83. The van der Waals surface area contributed by atoms with Crippen LogP contribution in [-0.4, -0.2) is 18.5 Å². The van der Waals surface area contributed by atoms with Gasteiger partial charge in [0.15, 0.2) is 0 Å². The minimum atomic E-state index is 0.0779. The number of hydrogen-bond donors (Lipinski definition) is 2. The number of nitrogens with one attached hydrogen (secondary N) is 2. The first-order valence-electron chi connectivity index (χ1n) is 7.41. The van der Waals surface area contributed by atoms with Crippen molar-refractivity contribution < 1.29 is 4.79 Å². The summed E-state index contributed by atoms with van der Waals surface area (Å²) in [6, 6.07) is 8.17. The Morgan fingerprint density at radius 2 is 2.11 bits per heavy atom. The number of rotatable bonds is 4. The minimum Gasteiger partial charge on any atom is -0.385 e. The number of benzene rings is 1. The van der Waals surface area contributed by atoms with E-state index < -0.39 is 0 Å². The van der Waals surface area contributed by atoms with Crippen LogP contribution in [0.15, 0.2) is 24.3 Å². The Morgan fingerprint density at radius 1 is 1.26 bits per heavy atom. The van der Waals surface area contributed by atoms with Gasteiger partial charge in [0.25, 0.3) is 5.91 Å². The van der Waals surface area contributed by atoms with Gasteiger partial charge in [0.2, 0.25) is 0 Å². The molecule has 3 rings (SSSR count). The third-order valence-electron chi connectivity index (χ3n) is 4.59. The van der Waals surface area contributed by atoms with Crippen molar-refractivity contribution >= 4 is 11.6 Å². The summed E-state index contributed by atoms with van der Waals surface area (Å²) in [6.07, 6.45) is 5.16. The normalized spacial score (nSPS) is 28.4. The summed E-state index contributed by atoms with van der Waals surface area (Å²) in [7, 11) is 0. The Morgan fingerprint density at radius 3 is 2.79 bits per heavy atom. The molecule has 2 N–H and O–H groups in total. The van der Waals surface area contributed by atoms with Crippen molar-refractivity contribution in [2.45, 2.75) is 38.6 Å². The Labute approximate surface area is 114 Å². The molecule has 3 unspecified atom stereocenters. The largest absolute Gasteiger partial charge is 0.385 e. The van der Waals surface area contributed by atoms with Crippen molar-refractivity contribution in [1.82, 2.24) is 5.32 Å². The monoisotopic (exact) mass is 258 g/mol. The summed E-state index contributed by atoms with van der Waals surface area (Å²) in [6.45, 7) is 2.88. The van der Waals surface area contributed by atoms with Crippen molar-refractivity contribution in [2.75, 3.05) is 11.9 Å². The van der Waals surface area contributed by atoms with Crippen LogP contribution in [0.3, 0.4) is 0 Å². The first-order valence-corrected chi connectivity index (χ1v) is 7.41. The van der Waals surface area contributed by atoms with Crippen molar-refractivity contribution in [3.8, 4) is 0 Å². The molecule has 19 heavy (non-hydrogen) atoms. The van der Waals surface area contributed by atoms with Crippen LogP contribution in [-0.2, 0) is 0 Å². The molecule has 2 aliphatic carbocycles. The number of anilines is 1. The molecule has 0 radical (unpaired) electrons. The van der Waals surface area contributed by atoms with Gasteiger partial charge in [-0.1, -0.05) is 18.6 Å². The Kier molecular flexibility index (Phi) is 3.45. The first-order chi connectivity index (χ1) is 9.28. The number of amides is 1. The van der Waals surface area contributed by atoms with E-state index in [-0.39, 0.29) is 5.91 Å². The van der Waals surface area contributed by atoms with Gasteiger partial charge in [0.05, 0.1) is 5.56 Å². The highest BCUT2D eigenvalue weighted by Crippen LogP contribution is 2.44. The zero-order valence-electron chi connectivity index (χ0n) is 11.5. The van der Waals surface area contributed by atoms with E-state index >= 15 is 0 Å². The second-order valence-electron chi connectivity index (χ2n) is 5.83. The topological polar surface area (TPSA) is 41.1 Å². The molecule has 2 aliphatic rings. The molecule has 3 nitrogen and oxygen atoms in total. The van der Waals surface area contributed by atoms with E-state index in [9.17, 15) is 4.79 Å². The van der Waals surface area contributed by atoms with Gasteiger partial charge in [-0.05, 0) is 50.2 Å². The van der Waals surface area contributed by atoms with E-state index in [0.717, 1.165) is 29.6 Å². The molecule has 3 atom stereocenters. The molecule has 2 saturated carbocycles. The van der Waals surface area contributed by atoms with E-state index in [2.05, 4.69) is 10.6 Å². The highest BCUT2D eigenvalue weighted by molar-refractivity contribution is 5.99. The summed E-state index contributed by atoms with van der Waals surface area (Å²) in [4.78, 5) is 12.4. The van der Waals surface area contributed by atoms with Gasteiger partial charge in [-0.15, -0.1) is 0 Å². The zero-order valence-corrected chi connectivity index (χ0v) is 11.5. The summed E-state index contributed by atoms with van der Waals surface area (Å²) in [5, 5.41) is 6.50. The van der Waals surface area contributed by atoms with Gasteiger partial charge in [-0.3, -0.25) is 4.79 Å². The Balaban J connectivity index is 1.70. The summed E-state index contributed by atoms with van der Waals surface area (Å²) >= 11 is 0. The molecule has 102 valence electrons. The van der Waals surface area contributed by atoms with Crippen molar-refractivity contribution in [3.05, 3.63) is 29.8 Å². The molecule has 0 saturated heterocycles. The molecule has 3 heteroatoms. The standard InChI is InChI=1S/C16H22N2O/c1-2-17-14-6-4-3-5-13(14)16(19)18-15-10-11-7-8-12(15)9-11/h3-6,11-12,15,17H,2,7-10H2,1H3,(H,18,19). The van der Waals surface area contributed by atoms with E-state index in [0.29, 0.717) is 6.04 Å². The van der Waals surface area contributed by atoms with Crippen molar-refractivity contribution in [2.24, 2.45) is 11.8 Å². The zero-order chi connectivity index (χ0) is 13.2. The molecule has 0 aliphatic heterocycles. The van der Waals surface area contributed by atoms with Crippen molar-refractivity contribution in [1.29, 1.82) is 0 Å².